The molecule has 2 unspecified atom stereocenters. The quantitative estimate of drug-likeness (QED) is 0.0214. The van der Waals surface area contributed by atoms with Crippen LogP contribution in [0.4, 0.5) is 0 Å². The largest absolute Gasteiger partial charge is 0.477 e. The zero-order valence-corrected chi connectivity index (χ0v) is 37.2. The Labute approximate surface area is 349 Å². The molecular formula is C48H86NO8+. The van der Waals surface area contributed by atoms with Crippen molar-refractivity contribution in [2.45, 2.75) is 193 Å². The summed E-state index contributed by atoms with van der Waals surface area (Å²) >= 11 is 0. The van der Waals surface area contributed by atoms with E-state index in [9.17, 15) is 19.5 Å². The minimum Gasteiger partial charge on any atom is -0.477 e. The SMILES string of the molecule is CCCCC/C=C\C/C=C\CCCCCCCCCC(=O)OC(COC(=O)CCCCCCC/C=C\C/C=C\CCCCC)COC(OCC[N+](C)(C)C)C(=O)O. The smallest absolute Gasteiger partial charge is 0.361 e. The third kappa shape index (κ3) is 41.2. The Bertz CT molecular complexity index is 1080. The van der Waals surface area contributed by atoms with Crippen LogP contribution in [0.25, 0.3) is 0 Å². The van der Waals surface area contributed by atoms with Gasteiger partial charge in [-0.1, -0.05) is 140 Å². The first kappa shape index (κ1) is 54.2. The fraction of sp³-hybridized carbons (Fsp3) is 0.771. The first-order valence-corrected chi connectivity index (χ1v) is 22.8. The highest BCUT2D eigenvalue weighted by Gasteiger charge is 2.25. The summed E-state index contributed by atoms with van der Waals surface area (Å²) < 4.78 is 22.7. The molecule has 0 rings (SSSR count). The molecule has 0 aromatic rings. The van der Waals surface area contributed by atoms with E-state index in [2.05, 4.69) is 62.5 Å². The van der Waals surface area contributed by atoms with Crippen LogP contribution in [0.15, 0.2) is 48.6 Å². The van der Waals surface area contributed by atoms with Crippen molar-refractivity contribution in [3.05, 3.63) is 48.6 Å². The first-order valence-electron chi connectivity index (χ1n) is 22.8. The van der Waals surface area contributed by atoms with Crippen LogP contribution in [0, 0.1) is 0 Å². The van der Waals surface area contributed by atoms with Gasteiger partial charge < -0.3 is 28.5 Å². The van der Waals surface area contributed by atoms with Gasteiger partial charge in [0.05, 0.1) is 34.4 Å². The van der Waals surface area contributed by atoms with E-state index >= 15 is 0 Å². The summed E-state index contributed by atoms with van der Waals surface area (Å²) in [6.07, 6.45) is 43.0. The molecule has 330 valence electrons. The Morgan fingerprint density at radius 2 is 0.947 bits per heavy atom. The molecule has 0 fully saturated rings. The van der Waals surface area contributed by atoms with Gasteiger partial charge in [-0.05, 0) is 77.0 Å². The Kier molecular flexibility index (Phi) is 38.1. The topological polar surface area (TPSA) is 108 Å². The van der Waals surface area contributed by atoms with Crippen LogP contribution < -0.4 is 0 Å². The number of rotatable bonds is 41. The van der Waals surface area contributed by atoms with Crippen molar-refractivity contribution in [2.24, 2.45) is 0 Å². The maximum Gasteiger partial charge on any atom is 0.361 e. The van der Waals surface area contributed by atoms with E-state index in [0.29, 0.717) is 17.4 Å². The van der Waals surface area contributed by atoms with E-state index in [1.54, 1.807) is 0 Å². The Balaban J connectivity index is 4.47. The number of quaternary nitrogens is 1. The number of unbranched alkanes of at least 4 members (excludes halogenated alkanes) is 18. The molecule has 0 aliphatic heterocycles. The molecule has 9 nitrogen and oxygen atoms in total. The minimum atomic E-state index is -1.51. The second-order valence-electron chi connectivity index (χ2n) is 16.4. The van der Waals surface area contributed by atoms with Crippen molar-refractivity contribution in [3.63, 3.8) is 0 Å². The van der Waals surface area contributed by atoms with Crippen LogP contribution in [-0.4, -0.2) is 87.4 Å². The van der Waals surface area contributed by atoms with E-state index < -0.39 is 24.3 Å². The van der Waals surface area contributed by atoms with Crippen molar-refractivity contribution in [2.75, 3.05) is 47.5 Å². The van der Waals surface area contributed by atoms with Gasteiger partial charge in [-0.2, -0.15) is 0 Å². The van der Waals surface area contributed by atoms with Crippen molar-refractivity contribution >= 4 is 17.9 Å². The van der Waals surface area contributed by atoms with Gasteiger partial charge in [0.25, 0.3) is 6.29 Å². The minimum absolute atomic E-state index is 0.182. The third-order valence-electron chi connectivity index (χ3n) is 9.56. The molecule has 0 spiro atoms. The van der Waals surface area contributed by atoms with Gasteiger partial charge in [0.2, 0.25) is 0 Å². The van der Waals surface area contributed by atoms with Crippen LogP contribution in [0.1, 0.15) is 181 Å². The number of esters is 2. The average molecular weight is 805 g/mol. The molecule has 0 aliphatic carbocycles. The lowest BCUT2D eigenvalue weighted by atomic mass is 10.1. The number of hydrogen-bond acceptors (Lipinski definition) is 7. The zero-order valence-electron chi connectivity index (χ0n) is 37.2. The number of carbonyl (C=O) groups is 3. The summed E-state index contributed by atoms with van der Waals surface area (Å²) in [6, 6.07) is 0. The van der Waals surface area contributed by atoms with Crippen LogP contribution >= 0.6 is 0 Å². The zero-order chi connectivity index (χ0) is 42.1. The highest BCUT2D eigenvalue weighted by molar-refractivity contribution is 5.71. The number of carboxylic acids is 1. The molecule has 9 heteroatoms. The van der Waals surface area contributed by atoms with Gasteiger partial charge in [-0.25, -0.2) is 4.79 Å². The monoisotopic (exact) mass is 805 g/mol. The molecular weight excluding hydrogens is 719 g/mol. The van der Waals surface area contributed by atoms with Gasteiger partial charge in [0.1, 0.15) is 13.2 Å². The second kappa shape index (κ2) is 40.0. The molecule has 0 saturated carbocycles. The van der Waals surface area contributed by atoms with Gasteiger partial charge >= 0.3 is 17.9 Å². The van der Waals surface area contributed by atoms with Gasteiger partial charge in [-0.3, -0.25) is 9.59 Å². The normalized spacial score (nSPS) is 13.4. The molecule has 0 aromatic carbocycles. The van der Waals surface area contributed by atoms with Crippen LogP contribution in [0.3, 0.4) is 0 Å². The van der Waals surface area contributed by atoms with Crippen LogP contribution in [-0.2, 0) is 33.3 Å². The maximum absolute atomic E-state index is 12.8. The molecule has 57 heavy (non-hydrogen) atoms. The highest BCUT2D eigenvalue weighted by atomic mass is 16.7. The van der Waals surface area contributed by atoms with Crippen molar-refractivity contribution in [1.29, 1.82) is 0 Å². The number of hydrogen-bond donors (Lipinski definition) is 1. The number of aliphatic carboxylic acids is 1. The molecule has 0 aliphatic rings. The fourth-order valence-electron chi connectivity index (χ4n) is 5.95. The number of carboxylic acid groups (broad SMARTS) is 1. The molecule has 1 N–H and O–H groups in total. The summed E-state index contributed by atoms with van der Waals surface area (Å²) in [5, 5.41) is 9.63. The molecule has 2 atom stereocenters. The van der Waals surface area contributed by atoms with E-state index in [4.69, 9.17) is 18.9 Å². The Morgan fingerprint density at radius 1 is 0.526 bits per heavy atom. The molecule has 0 bridgehead atoms. The number of nitrogens with zero attached hydrogens (tertiary/aromatic N) is 1. The molecule has 0 saturated heterocycles. The van der Waals surface area contributed by atoms with Crippen molar-refractivity contribution in [3.8, 4) is 0 Å². The van der Waals surface area contributed by atoms with Gasteiger partial charge in [0, 0.05) is 12.8 Å². The lowest BCUT2D eigenvalue weighted by Gasteiger charge is -2.25. The predicted molar refractivity (Wildman–Crippen MR) is 235 cm³/mol. The maximum atomic E-state index is 12.8. The molecule has 0 heterocycles. The first-order chi connectivity index (χ1) is 27.6. The van der Waals surface area contributed by atoms with Crippen molar-refractivity contribution < 1.29 is 42.9 Å². The standard InChI is InChI=1S/C48H85NO8/c1-6-8-10-12-14-16-18-20-22-23-25-27-29-31-33-35-37-39-46(51)57-44(43-56-48(47(52)53)54-41-40-49(3,4)5)42-55-45(50)38-36-34-32-30-28-26-24-21-19-17-15-13-11-9-7-2/h14-17,20-22,24,44,48H,6-13,18-19,23,25-43H2,1-5H3/p+1/b16-14-,17-15-,22-20-,24-21-. The Morgan fingerprint density at radius 3 is 1.39 bits per heavy atom. The third-order valence-corrected chi connectivity index (χ3v) is 9.56. The fourth-order valence-corrected chi connectivity index (χ4v) is 5.95. The summed E-state index contributed by atoms with van der Waals surface area (Å²) in [5.74, 6) is -2.04. The predicted octanol–water partition coefficient (Wildman–Crippen LogP) is 12.0. The summed E-state index contributed by atoms with van der Waals surface area (Å²) in [4.78, 5) is 37.1. The number of carbonyl (C=O) groups excluding carboxylic acids is 2. The molecule has 0 amide bonds. The van der Waals surface area contributed by atoms with E-state index in [0.717, 1.165) is 77.0 Å². The van der Waals surface area contributed by atoms with E-state index in [1.807, 2.05) is 21.1 Å². The number of likely N-dealkylation sites (N-methyl/N-ethyl adjacent to an activating group) is 1. The summed E-state index contributed by atoms with van der Waals surface area (Å²) in [6.45, 7) is 4.78. The van der Waals surface area contributed by atoms with Crippen LogP contribution in [0.5, 0.6) is 0 Å². The van der Waals surface area contributed by atoms with Gasteiger partial charge in [-0.15, -0.1) is 0 Å². The Hall–Kier alpha value is -2.75. The van der Waals surface area contributed by atoms with E-state index in [-0.39, 0.29) is 38.6 Å². The van der Waals surface area contributed by atoms with Crippen LogP contribution in [0.2, 0.25) is 0 Å². The lowest BCUT2D eigenvalue weighted by Crippen LogP contribution is -2.40. The van der Waals surface area contributed by atoms with Crippen molar-refractivity contribution in [1.82, 2.24) is 0 Å². The highest BCUT2D eigenvalue weighted by Crippen LogP contribution is 2.13. The molecule has 0 aromatic heterocycles. The number of allylic oxidation sites excluding steroid dienone is 8. The summed E-state index contributed by atoms with van der Waals surface area (Å²) in [5.41, 5.74) is 0. The summed E-state index contributed by atoms with van der Waals surface area (Å²) in [7, 11) is 5.94. The van der Waals surface area contributed by atoms with Gasteiger partial charge in [0.15, 0.2) is 6.10 Å². The number of ether oxygens (including phenoxy) is 4. The van der Waals surface area contributed by atoms with E-state index in [1.165, 1.54) is 70.6 Å². The average Bonchev–Trinajstić information content (AvgIpc) is 3.17. The molecule has 0 radical (unpaired) electrons. The second-order valence-corrected chi connectivity index (χ2v) is 16.4. The lowest BCUT2D eigenvalue weighted by molar-refractivity contribution is -0.870.